The van der Waals surface area contributed by atoms with E-state index in [1.165, 1.54) is 18.1 Å². The van der Waals surface area contributed by atoms with Crippen LogP contribution in [0.4, 0.5) is 10.1 Å². The Bertz CT molecular complexity index is 1450. The van der Waals surface area contributed by atoms with Crippen molar-refractivity contribution in [1.82, 2.24) is 10.2 Å². The maximum atomic E-state index is 14.1. The largest absolute Gasteiger partial charge is 0.497 e. The van der Waals surface area contributed by atoms with Crippen LogP contribution in [-0.2, 0) is 32.6 Å². The van der Waals surface area contributed by atoms with Crippen LogP contribution in [0.3, 0.4) is 0 Å². The molecule has 3 aromatic rings. The number of rotatable bonds is 13. The number of ether oxygens (including phenoxy) is 1. The summed E-state index contributed by atoms with van der Waals surface area (Å²) in [6.07, 6.45) is 1.14. The van der Waals surface area contributed by atoms with E-state index in [0.29, 0.717) is 17.9 Å². The van der Waals surface area contributed by atoms with Crippen LogP contribution in [-0.4, -0.2) is 57.6 Å². The molecule has 0 saturated carbocycles. The zero-order chi connectivity index (χ0) is 30.2. The Morgan fingerprint density at radius 3 is 2.29 bits per heavy atom. The Hall–Kier alpha value is -3.63. The second kappa shape index (κ2) is 14.3. The molecule has 3 rings (SSSR count). The number of anilines is 1. The molecular weight excluding hydrogens is 569 g/mol. The second-order valence-corrected chi connectivity index (χ2v) is 12.4. The van der Waals surface area contributed by atoms with Crippen LogP contribution in [0.5, 0.6) is 5.75 Å². The number of nitrogens with one attached hydrogen (secondary N) is 1. The first kappa shape index (κ1) is 31.9. The average Bonchev–Trinajstić information content (AvgIpc) is 2.93. The molecule has 2 amide bonds. The van der Waals surface area contributed by atoms with E-state index in [0.717, 1.165) is 28.3 Å². The van der Waals surface area contributed by atoms with E-state index in [1.807, 2.05) is 44.2 Å². The average molecular weight is 604 g/mol. The molecule has 0 radical (unpaired) electrons. The summed E-state index contributed by atoms with van der Waals surface area (Å²) in [5, 5.41) is 2.64. The predicted molar refractivity (Wildman–Crippen MR) is 159 cm³/mol. The molecule has 3 aromatic carbocycles. The minimum Gasteiger partial charge on any atom is -0.497 e. The van der Waals surface area contributed by atoms with Gasteiger partial charge in [0.2, 0.25) is 21.8 Å². The lowest BCUT2D eigenvalue weighted by atomic mass is 10.0. The van der Waals surface area contributed by atoms with Gasteiger partial charge in [0.15, 0.2) is 0 Å². The van der Waals surface area contributed by atoms with Gasteiger partial charge in [0, 0.05) is 19.5 Å². The zero-order valence-electron chi connectivity index (χ0n) is 23.5. The third-order valence-electron chi connectivity index (χ3n) is 6.31. The van der Waals surface area contributed by atoms with Gasteiger partial charge in [-0.05, 0) is 47.4 Å². The Balaban J connectivity index is 2.07. The Morgan fingerprint density at radius 1 is 1.00 bits per heavy atom. The topological polar surface area (TPSA) is 96.0 Å². The minimum atomic E-state index is -4.00. The maximum absolute atomic E-state index is 14.1. The third-order valence-corrected chi connectivity index (χ3v) is 7.74. The number of sulfonamides is 1. The summed E-state index contributed by atoms with van der Waals surface area (Å²) in [5.41, 5.74) is 1.53. The first-order valence-corrected chi connectivity index (χ1v) is 15.3. The van der Waals surface area contributed by atoms with Gasteiger partial charge in [-0.1, -0.05) is 67.9 Å². The van der Waals surface area contributed by atoms with Crippen molar-refractivity contribution in [3.63, 3.8) is 0 Å². The van der Waals surface area contributed by atoms with Gasteiger partial charge < -0.3 is 15.0 Å². The highest BCUT2D eigenvalue weighted by Gasteiger charge is 2.33. The van der Waals surface area contributed by atoms with Crippen molar-refractivity contribution in [3.8, 4) is 5.75 Å². The molecule has 0 aromatic heterocycles. The van der Waals surface area contributed by atoms with Crippen LogP contribution < -0.4 is 14.4 Å². The van der Waals surface area contributed by atoms with Gasteiger partial charge in [0.05, 0.1) is 24.1 Å². The van der Waals surface area contributed by atoms with E-state index in [2.05, 4.69) is 5.32 Å². The van der Waals surface area contributed by atoms with Crippen molar-refractivity contribution >= 4 is 39.1 Å². The van der Waals surface area contributed by atoms with Crippen LogP contribution in [0.1, 0.15) is 25.0 Å². The molecule has 0 unspecified atom stereocenters. The van der Waals surface area contributed by atoms with Crippen molar-refractivity contribution in [2.75, 3.05) is 30.8 Å². The molecule has 1 N–H and O–H groups in total. The first-order chi connectivity index (χ1) is 19.4. The van der Waals surface area contributed by atoms with Gasteiger partial charge >= 0.3 is 0 Å². The maximum Gasteiger partial charge on any atom is 0.244 e. The molecule has 0 spiro atoms. The lowest BCUT2D eigenvalue weighted by Gasteiger charge is -2.33. The molecule has 0 saturated heterocycles. The molecule has 220 valence electrons. The number of halogens is 2. The van der Waals surface area contributed by atoms with Crippen molar-refractivity contribution < 1.29 is 27.1 Å². The quantitative estimate of drug-likeness (QED) is 0.306. The summed E-state index contributed by atoms with van der Waals surface area (Å²) in [6.45, 7) is 3.69. The lowest BCUT2D eigenvalue weighted by molar-refractivity contribution is -0.140. The summed E-state index contributed by atoms with van der Waals surface area (Å²) in [5.74, 6) is -0.978. The van der Waals surface area contributed by atoms with Crippen molar-refractivity contribution in [2.24, 2.45) is 5.92 Å². The Morgan fingerprint density at radius 2 is 1.68 bits per heavy atom. The van der Waals surface area contributed by atoms with Crippen molar-refractivity contribution in [1.29, 1.82) is 0 Å². The van der Waals surface area contributed by atoms with Gasteiger partial charge in [-0.2, -0.15) is 0 Å². The standard InChI is InChI=1S/C30H35ClFN3O5S/c1-21(2)18-33-30(37)28(16-22-9-6-5-7-10-22)34(19-23-11-8-12-25(15-23)40-3)29(36)20-35(41(4,38)39)24-13-14-27(32)26(31)17-24/h5-15,17,21,28H,16,18-20H2,1-4H3,(H,33,37)/t28-/m1/s1. The summed E-state index contributed by atoms with van der Waals surface area (Å²) in [7, 11) is -2.48. The monoisotopic (exact) mass is 603 g/mol. The van der Waals surface area contributed by atoms with E-state index >= 15 is 0 Å². The number of methoxy groups -OCH3 is 1. The molecule has 0 aliphatic heterocycles. The molecule has 41 heavy (non-hydrogen) atoms. The van der Waals surface area contributed by atoms with Crippen LogP contribution >= 0.6 is 11.6 Å². The molecule has 11 heteroatoms. The normalized spacial score (nSPS) is 12.1. The molecule has 8 nitrogen and oxygen atoms in total. The fourth-order valence-corrected chi connectivity index (χ4v) is 5.21. The minimum absolute atomic E-state index is 0.00437. The highest BCUT2D eigenvalue weighted by Crippen LogP contribution is 2.25. The summed E-state index contributed by atoms with van der Waals surface area (Å²) >= 11 is 5.93. The molecule has 0 aliphatic rings. The van der Waals surface area contributed by atoms with Crippen LogP contribution in [0.15, 0.2) is 72.8 Å². The number of nitrogens with zero attached hydrogens (tertiary/aromatic N) is 2. The zero-order valence-corrected chi connectivity index (χ0v) is 25.1. The van der Waals surface area contributed by atoms with Crippen LogP contribution in [0.25, 0.3) is 0 Å². The number of hydrogen-bond donors (Lipinski definition) is 1. The van der Waals surface area contributed by atoms with Gasteiger partial charge in [0.25, 0.3) is 0 Å². The predicted octanol–water partition coefficient (Wildman–Crippen LogP) is 4.67. The second-order valence-electron chi connectivity index (χ2n) is 10.1. The highest BCUT2D eigenvalue weighted by atomic mass is 35.5. The van der Waals surface area contributed by atoms with Crippen LogP contribution in [0, 0.1) is 11.7 Å². The molecule has 1 atom stereocenters. The molecular formula is C30H35ClFN3O5S. The molecule has 0 fully saturated rings. The summed E-state index contributed by atoms with van der Waals surface area (Å²) in [4.78, 5) is 29.1. The number of carbonyl (C=O) groups is 2. The number of amides is 2. The summed E-state index contributed by atoms with van der Waals surface area (Å²) in [6, 6.07) is 18.8. The van der Waals surface area contributed by atoms with E-state index in [4.69, 9.17) is 16.3 Å². The fourth-order valence-electron chi connectivity index (χ4n) is 4.20. The molecule has 0 heterocycles. The van der Waals surface area contributed by atoms with E-state index < -0.39 is 34.3 Å². The van der Waals surface area contributed by atoms with Crippen molar-refractivity contribution in [3.05, 3.63) is 94.8 Å². The SMILES string of the molecule is COc1cccc(CN(C(=O)CN(c2ccc(F)c(Cl)c2)S(C)(=O)=O)[C@H](Cc2ccccc2)C(=O)NCC(C)C)c1. The fraction of sp³-hybridized carbons (Fsp3) is 0.333. The van der Waals surface area contributed by atoms with E-state index in [-0.39, 0.29) is 35.5 Å². The number of benzene rings is 3. The smallest absolute Gasteiger partial charge is 0.244 e. The summed E-state index contributed by atoms with van der Waals surface area (Å²) < 4.78 is 45.7. The molecule has 0 bridgehead atoms. The third kappa shape index (κ3) is 9.19. The van der Waals surface area contributed by atoms with Gasteiger partial charge in [-0.3, -0.25) is 13.9 Å². The van der Waals surface area contributed by atoms with Gasteiger partial charge in [0.1, 0.15) is 24.2 Å². The van der Waals surface area contributed by atoms with E-state index in [9.17, 15) is 22.4 Å². The van der Waals surface area contributed by atoms with Crippen LogP contribution in [0.2, 0.25) is 5.02 Å². The number of carbonyl (C=O) groups excluding carboxylic acids is 2. The van der Waals surface area contributed by atoms with Gasteiger partial charge in [-0.25, -0.2) is 12.8 Å². The Kier molecular flexibility index (Phi) is 11.1. The highest BCUT2D eigenvalue weighted by molar-refractivity contribution is 7.92. The van der Waals surface area contributed by atoms with Gasteiger partial charge in [-0.15, -0.1) is 0 Å². The van der Waals surface area contributed by atoms with Crippen molar-refractivity contribution in [2.45, 2.75) is 32.9 Å². The number of hydrogen-bond acceptors (Lipinski definition) is 5. The first-order valence-electron chi connectivity index (χ1n) is 13.1. The Labute approximate surface area is 246 Å². The molecule has 0 aliphatic carbocycles. The van der Waals surface area contributed by atoms with E-state index in [1.54, 1.807) is 24.3 Å². The lowest BCUT2D eigenvalue weighted by Crippen LogP contribution is -2.53.